The topological polar surface area (TPSA) is 104 Å². The summed E-state index contributed by atoms with van der Waals surface area (Å²) in [5.41, 5.74) is 5.99. The number of nitrogens with one attached hydrogen (secondary N) is 1. The van der Waals surface area contributed by atoms with Crippen molar-refractivity contribution in [3.63, 3.8) is 0 Å². The van der Waals surface area contributed by atoms with Gasteiger partial charge in [0.05, 0.1) is 43.8 Å². The van der Waals surface area contributed by atoms with Crippen LogP contribution in [0.25, 0.3) is 11.0 Å². The number of hydrogen-bond acceptors (Lipinski definition) is 8. The summed E-state index contributed by atoms with van der Waals surface area (Å²) in [6.45, 7) is 1.88. The molecule has 3 aromatic carbocycles. The van der Waals surface area contributed by atoms with E-state index in [2.05, 4.69) is 15.1 Å². The third-order valence-electron chi connectivity index (χ3n) is 5.34. The molecule has 0 fully saturated rings. The summed E-state index contributed by atoms with van der Waals surface area (Å²) in [7, 11) is 2.89. The van der Waals surface area contributed by atoms with Crippen molar-refractivity contribution in [1.82, 2.24) is 15.0 Å². The zero-order valence-corrected chi connectivity index (χ0v) is 22.5. The van der Waals surface area contributed by atoms with Crippen LogP contribution in [0.4, 0.5) is 0 Å². The van der Waals surface area contributed by atoms with Crippen molar-refractivity contribution in [3.8, 4) is 17.2 Å². The number of benzene rings is 3. The van der Waals surface area contributed by atoms with E-state index >= 15 is 0 Å². The van der Waals surface area contributed by atoms with Gasteiger partial charge in [-0.1, -0.05) is 47.6 Å². The van der Waals surface area contributed by atoms with Crippen molar-refractivity contribution in [2.45, 2.75) is 18.6 Å². The number of fused-ring (bicyclic) bond motifs is 1. The van der Waals surface area contributed by atoms with Crippen LogP contribution in [0.2, 0.25) is 5.02 Å². The number of ether oxygens (including phenoxy) is 3. The number of hydrazone groups is 1. The molecular formula is C27H25ClN4O5S. The quantitative estimate of drug-likeness (QED) is 0.0978. The van der Waals surface area contributed by atoms with Gasteiger partial charge in [0.15, 0.2) is 16.7 Å². The third kappa shape index (κ3) is 6.64. The molecule has 0 spiro atoms. The lowest BCUT2D eigenvalue weighted by molar-refractivity contribution is -0.132. The fraction of sp³-hybridized carbons (Fsp3) is 0.185. The molecule has 196 valence electrons. The second-order valence-electron chi connectivity index (χ2n) is 8.03. The Morgan fingerprint density at radius 2 is 1.76 bits per heavy atom. The Kier molecular flexibility index (Phi) is 8.88. The largest absolute Gasteiger partial charge is 0.493 e. The Balaban J connectivity index is 1.44. The van der Waals surface area contributed by atoms with E-state index in [9.17, 15) is 9.59 Å². The maximum absolute atomic E-state index is 12.5. The molecule has 1 amide bonds. The van der Waals surface area contributed by atoms with E-state index in [4.69, 9.17) is 30.8 Å². The number of nitrogens with zero attached hydrogens (tertiary/aromatic N) is 3. The summed E-state index contributed by atoms with van der Waals surface area (Å²) in [5.74, 6) is 0.0621. The van der Waals surface area contributed by atoms with E-state index in [0.29, 0.717) is 28.6 Å². The zero-order chi connectivity index (χ0) is 27.1. The van der Waals surface area contributed by atoms with E-state index < -0.39 is 5.97 Å². The van der Waals surface area contributed by atoms with Crippen molar-refractivity contribution >= 4 is 52.5 Å². The Morgan fingerprint density at radius 1 is 1.08 bits per heavy atom. The van der Waals surface area contributed by atoms with E-state index in [0.717, 1.165) is 21.8 Å². The predicted octanol–water partition coefficient (Wildman–Crippen LogP) is 4.92. The molecule has 1 aromatic heterocycles. The second-order valence-corrected chi connectivity index (χ2v) is 9.40. The molecule has 1 N–H and O–H groups in total. The molecule has 4 rings (SSSR count). The van der Waals surface area contributed by atoms with Crippen molar-refractivity contribution < 1.29 is 23.8 Å². The zero-order valence-electron chi connectivity index (χ0n) is 20.9. The number of methoxy groups -OCH3 is 2. The van der Waals surface area contributed by atoms with Crippen LogP contribution in [-0.4, -0.2) is 47.6 Å². The molecule has 0 saturated heterocycles. The van der Waals surface area contributed by atoms with Crippen LogP contribution < -0.4 is 19.6 Å². The number of amides is 1. The Hall–Kier alpha value is -4.02. The van der Waals surface area contributed by atoms with Crippen LogP contribution in [0.5, 0.6) is 17.2 Å². The Bertz CT molecular complexity index is 1460. The van der Waals surface area contributed by atoms with Gasteiger partial charge in [-0.3, -0.25) is 9.59 Å². The summed E-state index contributed by atoms with van der Waals surface area (Å²) in [5, 5.41) is 5.43. The maximum atomic E-state index is 12.5. The highest BCUT2D eigenvalue weighted by Gasteiger charge is 2.16. The summed E-state index contributed by atoms with van der Waals surface area (Å²) < 4.78 is 17.9. The molecule has 0 aliphatic carbocycles. The highest BCUT2D eigenvalue weighted by Crippen LogP contribution is 2.38. The first-order valence-electron chi connectivity index (χ1n) is 11.5. The Morgan fingerprint density at radius 3 is 2.42 bits per heavy atom. The summed E-state index contributed by atoms with van der Waals surface area (Å²) in [6, 6.07) is 18.7. The van der Waals surface area contributed by atoms with Crippen LogP contribution >= 0.6 is 23.4 Å². The van der Waals surface area contributed by atoms with Gasteiger partial charge in [-0.2, -0.15) is 5.10 Å². The minimum Gasteiger partial charge on any atom is -0.493 e. The minimum atomic E-state index is -0.505. The number of rotatable bonds is 10. The van der Waals surface area contributed by atoms with Gasteiger partial charge in [0.2, 0.25) is 5.75 Å². The number of aromatic nitrogens is 2. The molecule has 0 aliphatic rings. The van der Waals surface area contributed by atoms with Gasteiger partial charge in [-0.25, -0.2) is 10.4 Å². The second kappa shape index (κ2) is 12.5. The average molecular weight is 553 g/mol. The third-order valence-corrected chi connectivity index (χ3v) is 6.57. The molecule has 9 nitrogen and oxygen atoms in total. The number of carbonyl (C=O) groups is 2. The van der Waals surface area contributed by atoms with Gasteiger partial charge in [0, 0.05) is 17.5 Å². The molecule has 4 aromatic rings. The fourth-order valence-corrected chi connectivity index (χ4v) is 4.58. The van der Waals surface area contributed by atoms with E-state index in [1.54, 1.807) is 12.1 Å². The van der Waals surface area contributed by atoms with E-state index in [-0.39, 0.29) is 17.4 Å². The van der Waals surface area contributed by atoms with E-state index in [1.165, 1.54) is 39.1 Å². The first-order valence-corrected chi connectivity index (χ1v) is 12.8. The van der Waals surface area contributed by atoms with Crippen molar-refractivity contribution in [1.29, 1.82) is 0 Å². The fourth-order valence-electron chi connectivity index (χ4n) is 3.65. The standard InChI is InChI=1S/C27H25ClN4O5S/c1-17(33)37-26-23(35-2)12-19(13-24(26)36-3)14-29-31-25(34)16-38-27-30-21-6-4-5-7-22(21)32(27)15-18-8-10-20(28)11-9-18/h4-14H,15-16H2,1-3H3,(H,31,34)/b29-14-. The number of imidazole rings is 1. The molecule has 1 heterocycles. The van der Waals surface area contributed by atoms with Crippen LogP contribution in [-0.2, 0) is 16.1 Å². The summed E-state index contributed by atoms with van der Waals surface area (Å²) in [6.07, 6.45) is 1.45. The normalized spacial score (nSPS) is 11.1. The lowest BCUT2D eigenvalue weighted by atomic mass is 10.2. The van der Waals surface area contributed by atoms with E-state index in [1.807, 2.05) is 48.5 Å². The van der Waals surface area contributed by atoms with Gasteiger partial charge < -0.3 is 18.8 Å². The highest BCUT2D eigenvalue weighted by atomic mass is 35.5. The lowest BCUT2D eigenvalue weighted by Crippen LogP contribution is -2.20. The molecule has 0 atom stereocenters. The van der Waals surface area contributed by atoms with Crippen molar-refractivity contribution in [3.05, 3.63) is 76.8 Å². The number of thioether (sulfide) groups is 1. The van der Waals surface area contributed by atoms with Crippen LogP contribution in [0.3, 0.4) is 0 Å². The highest BCUT2D eigenvalue weighted by molar-refractivity contribution is 7.99. The summed E-state index contributed by atoms with van der Waals surface area (Å²) in [4.78, 5) is 28.7. The minimum absolute atomic E-state index is 0.110. The molecular weight excluding hydrogens is 528 g/mol. The number of hydrogen-bond donors (Lipinski definition) is 1. The van der Waals surface area contributed by atoms with Crippen LogP contribution in [0, 0.1) is 0 Å². The maximum Gasteiger partial charge on any atom is 0.308 e. The number of carbonyl (C=O) groups excluding carboxylic acids is 2. The van der Waals surface area contributed by atoms with Gasteiger partial charge >= 0.3 is 5.97 Å². The Labute approximate surface area is 228 Å². The number of para-hydroxylation sites is 2. The van der Waals surface area contributed by atoms with Gasteiger partial charge in [0.1, 0.15) is 0 Å². The van der Waals surface area contributed by atoms with Gasteiger partial charge in [0.25, 0.3) is 5.91 Å². The van der Waals surface area contributed by atoms with Gasteiger partial charge in [-0.15, -0.1) is 0 Å². The van der Waals surface area contributed by atoms with Crippen molar-refractivity contribution in [2.75, 3.05) is 20.0 Å². The average Bonchev–Trinajstić information content (AvgIpc) is 3.26. The number of esters is 1. The van der Waals surface area contributed by atoms with Gasteiger partial charge in [-0.05, 0) is 42.0 Å². The lowest BCUT2D eigenvalue weighted by Gasteiger charge is -2.13. The van der Waals surface area contributed by atoms with Crippen molar-refractivity contribution in [2.24, 2.45) is 5.10 Å². The summed E-state index contributed by atoms with van der Waals surface area (Å²) >= 11 is 7.35. The molecule has 0 radical (unpaired) electrons. The van der Waals surface area contributed by atoms with Crippen LogP contribution in [0.15, 0.2) is 70.9 Å². The number of halogens is 1. The monoisotopic (exact) mass is 552 g/mol. The molecule has 0 saturated carbocycles. The molecule has 0 aliphatic heterocycles. The first-order chi connectivity index (χ1) is 18.4. The predicted molar refractivity (Wildman–Crippen MR) is 148 cm³/mol. The van der Waals surface area contributed by atoms with Crippen LogP contribution in [0.1, 0.15) is 18.1 Å². The molecule has 0 bridgehead atoms. The smallest absolute Gasteiger partial charge is 0.308 e. The first kappa shape index (κ1) is 27.0. The SMILES string of the molecule is COc1cc(/C=N\NC(=O)CSc2nc3ccccc3n2Cc2ccc(Cl)cc2)cc(OC)c1OC(C)=O. The molecule has 38 heavy (non-hydrogen) atoms. The molecule has 11 heteroatoms. The molecule has 0 unspecified atom stereocenters.